The Morgan fingerprint density at radius 1 is 1.39 bits per heavy atom. The highest BCUT2D eigenvalue weighted by atomic mass is 16.3. The van der Waals surface area contributed by atoms with Crippen LogP contribution in [0.4, 0.5) is 0 Å². The van der Waals surface area contributed by atoms with Crippen molar-refractivity contribution < 1.29 is 5.11 Å². The van der Waals surface area contributed by atoms with Gasteiger partial charge in [-0.3, -0.25) is 4.68 Å². The lowest BCUT2D eigenvalue weighted by atomic mass is 10.1. The summed E-state index contributed by atoms with van der Waals surface area (Å²) in [6, 6.07) is 2.27. The summed E-state index contributed by atoms with van der Waals surface area (Å²) in [4.78, 5) is 12.4. The molecule has 31 heavy (non-hydrogen) atoms. The summed E-state index contributed by atoms with van der Waals surface area (Å²) >= 11 is 0. The van der Waals surface area contributed by atoms with Gasteiger partial charge in [0.25, 0.3) is 0 Å². The number of fused-ring (bicyclic) bond motifs is 1. The van der Waals surface area contributed by atoms with E-state index in [4.69, 9.17) is 10.8 Å². The number of guanidine groups is 1. The first-order chi connectivity index (χ1) is 14.7. The monoisotopic (exact) mass is 421 g/mol. The third-order valence-electron chi connectivity index (χ3n) is 5.07. The average Bonchev–Trinajstić information content (AvgIpc) is 3.28. The van der Waals surface area contributed by atoms with Crippen molar-refractivity contribution >= 4 is 22.7 Å². The van der Waals surface area contributed by atoms with Crippen molar-refractivity contribution in [2.45, 2.75) is 46.8 Å². The summed E-state index contributed by atoms with van der Waals surface area (Å²) in [7, 11) is 0. The Bertz CT molecular complexity index is 1150. The number of rotatable bonds is 7. The minimum absolute atomic E-state index is 0.167. The van der Waals surface area contributed by atoms with E-state index in [2.05, 4.69) is 53.7 Å². The number of aliphatic hydroxyl groups excluding tert-OH is 1. The van der Waals surface area contributed by atoms with Gasteiger partial charge in [-0.1, -0.05) is 12.7 Å². The van der Waals surface area contributed by atoms with E-state index in [1.807, 2.05) is 24.0 Å². The lowest BCUT2D eigenvalue weighted by Crippen LogP contribution is -2.36. The molecule has 0 spiro atoms. The molecule has 0 saturated carbocycles. The standard InChI is InChI=1S/C23H31N7O/c1-7-8-20(28-23(24)26-10-14(4)31)19-12-30(13(2)3)29-21(19)17-9-18-15(5)16(6)27-22(18)25-11-17/h7-9,11-14,31H,1,10H2,2-6H3,(H,25,27)(H3,24,26,28)/b20-8-/t14-/m0/s1. The van der Waals surface area contributed by atoms with Crippen LogP contribution >= 0.6 is 0 Å². The second-order valence-corrected chi connectivity index (χ2v) is 7.97. The van der Waals surface area contributed by atoms with Crippen LogP contribution in [0.2, 0.25) is 0 Å². The highest BCUT2D eigenvalue weighted by Gasteiger charge is 2.18. The molecule has 0 fully saturated rings. The van der Waals surface area contributed by atoms with E-state index >= 15 is 0 Å². The van der Waals surface area contributed by atoms with Gasteiger partial charge in [0, 0.05) is 47.2 Å². The molecule has 0 aliphatic rings. The van der Waals surface area contributed by atoms with Gasteiger partial charge < -0.3 is 21.1 Å². The number of hydrogen-bond acceptors (Lipinski definition) is 4. The van der Waals surface area contributed by atoms with Crippen LogP contribution in [0.15, 0.2) is 42.2 Å². The summed E-state index contributed by atoms with van der Waals surface area (Å²) in [5.74, 6) is 0.211. The Labute approximate surface area is 182 Å². The smallest absolute Gasteiger partial charge is 0.193 e. The maximum absolute atomic E-state index is 9.50. The summed E-state index contributed by atoms with van der Waals surface area (Å²) in [5, 5.41) is 18.3. The van der Waals surface area contributed by atoms with Crippen LogP contribution in [0.1, 0.15) is 43.6 Å². The number of aliphatic hydroxyl groups is 1. The molecule has 0 amide bonds. The molecular formula is C23H31N7O. The zero-order chi connectivity index (χ0) is 22.7. The summed E-state index contributed by atoms with van der Waals surface area (Å²) in [5.41, 5.74) is 12.3. The number of allylic oxidation sites excluding steroid dienone is 2. The average molecular weight is 422 g/mol. The molecule has 1 atom stereocenters. The maximum atomic E-state index is 9.50. The number of nitrogens with two attached hydrogens (primary N) is 1. The molecule has 0 aliphatic carbocycles. The van der Waals surface area contributed by atoms with Crippen molar-refractivity contribution in [1.29, 1.82) is 0 Å². The third kappa shape index (κ3) is 4.86. The molecule has 164 valence electrons. The Kier molecular flexibility index (Phi) is 6.60. The van der Waals surface area contributed by atoms with Crippen molar-refractivity contribution in [2.75, 3.05) is 6.54 Å². The molecule has 0 unspecified atom stereocenters. The van der Waals surface area contributed by atoms with Crippen LogP contribution in [-0.4, -0.2) is 43.5 Å². The molecule has 0 radical (unpaired) electrons. The van der Waals surface area contributed by atoms with Crippen molar-refractivity contribution in [2.24, 2.45) is 10.7 Å². The Balaban J connectivity index is 2.14. The fourth-order valence-electron chi connectivity index (χ4n) is 3.23. The molecule has 5 N–H and O–H groups in total. The zero-order valence-electron chi connectivity index (χ0n) is 18.8. The van der Waals surface area contributed by atoms with Crippen molar-refractivity contribution in [1.82, 2.24) is 25.1 Å². The van der Waals surface area contributed by atoms with Gasteiger partial charge in [-0.15, -0.1) is 0 Å². The van der Waals surface area contributed by atoms with Crippen LogP contribution in [0, 0.1) is 13.8 Å². The molecule has 0 aromatic carbocycles. The first-order valence-corrected chi connectivity index (χ1v) is 10.3. The van der Waals surface area contributed by atoms with Gasteiger partial charge in [-0.05, 0) is 52.3 Å². The number of nitrogens with zero attached hydrogens (tertiary/aromatic N) is 4. The normalized spacial score (nSPS) is 13.8. The highest BCUT2D eigenvalue weighted by Crippen LogP contribution is 2.32. The Hall–Kier alpha value is -3.39. The first kappa shape index (κ1) is 22.3. The number of aromatic amines is 1. The summed E-state index contributed by atoms with van der Waals surface area (Å²) in [6.07, 6.45) is 6.70. The third-order valence-corrected chi connectivity index (χ3v) is 5.07. The van der Waals surface area contributed by atoms with Gasteiger partial charge in [0.15, 0.2) is 5.96 Å². The minimum Gasteiger partial charge on any atom is -0.392 e. The number of aromatic nitrogens is 4. The van der Waals surface area contributed by atoms with Gasteiger partial charge >= 0.3 is 0 Å². The molecule has 3 heterocycles. The van der Waals surface area contributed by atoms with E-state index in [0.717, 1.165) is 33.5 Å². The molecule has 0 bridgehead atoms. The van der Waals surface area contributed by atoms with Gasteiger partial charge in [-0.25, -0.2) is 9.98 Å². The van der Waals surface area contributed by atoms with Gasteiger partial charge in [0.05, 0.1) is 11.8 Å². The molecule has 0 aliphatic heterocycles. The number of hydrogen-bond donors (Lipinski definition) is 4. The highest BCUT2D eigenvalue weighted by molar-refractivity contribution is 5.90. The van der Waals surface area contributed by atoms with Crippen LogP contribution in [-0.2, 0) is 0 Å². The van der Waals surface area contributed by atoms with E-state index in [-0.39, 0.29) is 12.0 Å². The van der Waals surface area contributed by atoms with E-state index in [9.17, 15) is 5.11 Å². The van der Waals surface area contributed by atoms with E-state index in [1.165, 1.54) is 5.56 Å². The lowest BCUT2D eigenvalue weighted by molar-refractivity contribution is 0.198. The fourth-order valence-corrected chi connectivity index (χ4v) is 3.23. The zero-order valence-corrected chi connectivity index (χ0v) is 18.8. The molecule has 8 nitrogen and oxygen atoms in total. The quantitative estimate of drug-likeness (QED) is 0.265. The van der Waals surface area contributed by atoms with E-state index in [0.29, 0.717) is 12.2 Å². The number of pyridine rings is 1. The lowest BCUT2D eigenvalue weighted by Gasteiger charge is -2.09. The molecule has 8 heteroatoms. The van der Waals surface area contributed by atoms with Crippen LogP contribution in [0.25, 0.3) is 28.0 Å². The SMILES string of the molecule is C=C/C=C(\N=C(/N)NC[C@H](C)O)c1cn(C(C)C)nc1-c1cnc2[nH]c(C)c(C)c2c1. The van der Waals surface area contributed by atoms with E-state index in [1.54, 1.807) is 19.1 Å². The maximum Gasteiger partial charge on any atom is 0.193 e. The van der Waals surface area contributed by atoms with Crippen molar-refractivity contribution in [3.63, 3.8) is 0 Å². The van der Waals surface area contributed by atoms with Crippen LogP contribution < -0.4 is 11.1 Å². The van der Waals surface area contributed by atoms with Crippen LogP contribution in [0.3, 0.4) is 0 Å². The summed E-state index contributed by atoms with van der Waals surface area (Å²) in [6.45, 7) is 14.1. The van der Waals surface area contributed by atoms with E-state index < -0.39 is 6.10 Å². The number of aliphatic imine (C=N–C) groups is 1. The first-order valence-electron chi connectivity index (χ1n) is 10.3. The molecule has 3 aromatic heterocycles. The van der Waals surface area contributed by atoms with Gasteiger partial charge in [0.1, 0.15) is 11.3 Å². The molecular weight excluding hydrogens is 390 g/mol. The molecule has 3 rings (SSSR count). The van der Waals surface area contributed by atoms with Crippen LogP contribution in [0.5, 0.6) is 0 Å². The number of aryl methyl sites for hydroxylation is 2. The minimum atomic E-state index is -0.536. The number of H-pyrrole nitrogens is 1. The second-order valence-electron chi connectivity index (χ2n) is 7.97. The summed E-state index contributed by atoms with van der Waals surface area (Å²) < 4.78 is 1.90. The Morgan fingerprint density at radius 2 is 2.13 bits per heavy atom. The van der Waals surface area contributed by atoms with Crippen molar-refractivity contribution in [3.05, 3.63) is 54.0 Å². The predicted octanol–water partition coefficient (Wildman–Crippen LogP) is 3.44. The largest absolute Gasteiger partial charge is 0.392 e. The fraction of sp³-hybridized carbons (Fsp3) is 0.348. The topological polar surface area (TPSA) is 117 Å². The van der Waals surface area contributed by atoms with Crippen molar-refractivity contribution in [3.8, 4) is 11.3 Å². The molecule has 0 saturated heterocycles. The predicted molar refractivity (Wildman–Crippen MR) is 127 cm³/mol. The van der Waals surface area contributed by atoms with Gasteiger partial charge in [-0.2, -0.15) is 5.10 Å². The van der Waals surface area contributed by atoms with Gasteiger partial charge in [0.2, 0.25) is 0 Å². The second kappa shape index (κ2) is 9.18. The Morgan fingerprint density at radius 3 is 2.77 bits per heavy atom. The molecule has 3 aromatic rings. The number of nitrogens with one attached hydrogen (secondary N) is 2.